The Balaban J connectivity index is 2.28. The van der Waals surface area contributed by atoms with E-state index in [1.165, 1.54) is 0 Å². The summed E-state index contributed by atoms with van der Waals surface area (Å²) in [6, 6.07) is 0. The second-order valence-corrected chi connectivity index (χ2v) is 3.95. The molecule has 0 aromatic carbocycles. The molecule has 0 saturated carbocycles. The van der Waals surface area contributed by atoms with Gasteiger partial charge in [-0.25, -0.2) is 4.98 Å². The van der Waals surface area contributed by atoms with Gasteiger partial charge < -0.3 is 15.4 Å². The second-order valence-electron chi connectivity index (χ2n) is 3.95. The standard InChI is InChI=1S/C10H19N3O/c1-4-10(3,14)7-11-5-9-6-12-8(2)13-9/h6,11,14H,4-5,7H2,1-3H3,(H,12,13). The number of hydrogen-bond acceptors (Lipinski definition) is 3. The Labute approximate surface area is 84.8 Å². The van der Waals surface area contributed by atoms with Gasteiger partial charge in [-0.2, -0.15) is 0 Å². The summed E-state index contributed by atoms with van der Waals surface area (Å²) in [5.74, 6) is 0.920. The van der Waals surface area contributed by atoms with Crippen molar-refractivity contribution in [1.29, 1.82) is 0 Å². The number of aromatic amines is 1. The second kappa shape index (κ2) is 4.57. The van der Waals surface area contributed by atoms with E-state index < -0.39 is 5.60 Å². The number of aryl methyl sites for hydroxylation is 1. The highest BCUT2D eigenvalue weighted by Gasteiger charge is 2.16. The van der Waals surface area contributed by atoms with Crippen LogP contribution in [0.25, 0.3) is 0 Å². The first-order valence-corrected chi connectivity index (χ1v) is 4.97. The van der Waals surface area contributed by atoms with Crippen LogP contribution >= 0.6 is 0 Å². The fraction of sp³-hybridized carbons (Fsp3) is 0.700. The molecule has 14 heavy (non-hydrogen) atoms. The van der Waals surface area contributed by atoms with Crippen LogP contribution in [0.15, 0.2) is 6.20 Å². The normalized spacial score (nSPS) is 15.4. The largest absolute Gasteiger partial charge is 0.389 e. The molecule has 4 nitrogen and oxygen atoms in total. The van der Waals surface area contributed by atoms with Crippen LogP contribution in [-0.2, 0) is 6.54 Å². The van der Waals surface area contributed by atoms with Crippen molar-refractivity contribution in [1.82, 2.24) is 15.3 Å². The number of aliphatic hydroxyl groups is 1. The van der Waals surface area contributed by atoms with Crippen molar-refractivity contribution in [3.8, 4) is 0 Å². The SMILES string of the molecule is CCC(C)(O)CNCc1cnc(C)[nH]1. The van der Waals surface area contributed by atoms with Crippen molar-refractivity contribution in [2.75, 3.05) is 6.54 Å². The van der Waals surface area contributed by atoms with Crippen LogP contribution in [0, 0.1) is 6.92 Å². The fourth-order valence-corrected chi connectivity index (χ4v) is 1.15. The average Bonchev–Trinajstić information content (AvgIpc) is 2.51. The van der Waals surface area contributed by atoms with Gasteiger partial charge in [0.1, 0.15) is 5.82 Å². The first-order chi connectivity index (χ1) is 6.53. The van der Waals surface area contributed by atoms with Crippen LogP contribution in [-0.4, -0.2) is 27.2 Å². The summed E-state index contributed by atoms with van der Waals surface area (Å²) in [4.78, 5) is 7.22. The van der Waals surface area contributed by atoms with E-state index in [-0.39, 0.29) is 0 Å². The number of nitrogens with zero attached hydrogens (tertiary/aromatic N) is 1. The summed E-state index contributed by atoms with van der Waals surface area (Å²) >= 11 is 0. The van der Waals surface area contributed by atoms with Gasteiger partial charge in [-0.05, 0) is 20.3 Å². The van der Waals surface area contributed by atoms with Crippen LogP contribution in [0.3, 0.4) is 0 Å². The molecule has 1 atom stereocenters. The lowest BCUT2D eigenvalue weighted by atomic mass is 10.0. The Hall–Kier alpha value is -0.870. The Morgan fingerprint density at radius 1 is 1.64 bits per heavy atom. The lowest BCUT2D eigenvalue weighted by Gasteiger charge is -2.21. The topological polar surface area (TPSA) is 60.9 Å². The van der Waals surface area contributed by atoms with Crippen LogP contribution in [0.5, 0.6) is 0 Å². The Morgan fingerprint density at radius 2 is 2.36 bits per heavy atom. The summed E-state index contributed by atoms with van der Waals surface area (Å²) in [6.45, 7) is 7.05. The number of nitrogens with one attached hydrogen (secondary N) is 2. The molecular formula is C10H19N3O. The molecule has 1 unspecified atom stereocenters. The molecule has 0 spiro atoms. The molecule has 0 amide bonds. The van der Waals surface area contributed by atoms with Gasteiger partial charge in [0.15, 0.2) is 0 Å². The Morgan fingerprint density at radius 3 is 2.86 bits per heavy atom. The quantitative estimate of drug-likeness (QED) is 0.659. The molecule has 0 aliphatic carbocycles. The average molecular weight is 197 g/mol. The van der Waals surface area contributed by atoms with Gasteiger partial charge in [-0.1, -0.05) is 6.92 Å². The Bertz CT molecular complexity index is 281. The molecule has 80 valence electrons. The first kappa shape index (κ1) is 11.2. The predicted molar refractivity (Wildman–Crippen MR) is 55.9 cm³/mol. The summed E-state index contributed by atoms with van der Waals surface area (Å²) < 4.78 is 0. The molecular weight excluding hydrogens is 178 g/mol. The first-order valence-electron chi connectivity index (χ1n) is 4.97. The van der Waals surface area contributed by atoms with Gasteiger partial charge in [0.05, 0.1) is 5.60 Å². The number of imidazole rings is 1. The lowest BCUT2D eigenvalue weighted by molar-refractivity contribution is 0.0555. The third-order valence-electron chi connectivity index (χ3n) is 2.34. The van der Waals surface area contributed by atoms with Crippen molar-refractivity contribution < 1.29 is 5.11 Å². The van der Waals surface area contributed by atoms with Crippen molar-refractivity contribution in [2.45, 2.75) is 39.3 Å². The van der Waals surface area contributed by atoms with E-state index in [1.807, 2.05) is 27.0 Å². The van der Waals surface area contributed by atoms with Gasteiger partial charge in [0, 0.05) is 25.0 Å². The minimum atomic E-state index is -0.616. The van der Waals surface area contributed by atoms with Crippen molar-refractivity contribution in [3.63, 3.8) is 0 Å². The fourth-order valence-electron chi connectivity index (χ4n) is 1.15. The van der Waals surface area contributed by atoms with E-state index in [9.17, 15) is 5.11 Å². The van der Waals surface area contributed by atoms with Crippen molar-refractivity contribution >= 4 is 0 Å². The highest BCUT2D eigenvalue weighted by Crippen LogP contribution is 2.06. The van der Waals surface area contributed by atoms with Crippen LogP contribution in [0.1, 0.15) is 31.8 Å². The lowest BCUT2D eigenvalue weighted by Crippen LogP contribution is -2.36. The molecule has 3 N–H and O–H groups in total. The van der Waals surface area contributed by atoms with E-state index in [0.29, 0.717) is 6.54 Å². The maximum atomic E-state index is 9.72. The molecule has 1 rings (SSSR count). The maximum Gasteiger partial charge on any atom is 0.103 e. The van der Waals surface area contributed by atoms with E-state index in [0.717, 1.165) is 24.5 Å². The molecule has 0 fully saturated rings. The maximum absolute atomic E-state index is 9.72. The van der Waals surface area contributed by atoms with Gasteiger partial charge in [-0.15, -0.1) is 0 Å². The molecule has 0 saturated heterocycles. The van der Waals surface area contributed by atoms with E-state index in [4.69, 9.17) is 0 Å². The third-order valence-corrected chi connectivity index (χ3v) is 2.34. The molecule has 1 aromatic rings. The number of rotatable bonds is 5. The molecule has 4 heteroatoms. The molecule has 0 bridgehead atoms. The van der Waals surface area contributed by atoms with E-state index in [1.54, 1.807) is 0 Å². The minimum absolute atomic E-state index is 0.599. The van der Waals surface area contributed by atoms with Crippen LogP contribution in [0.2, 0.25) is 0 Å². The zero-order valence-corrected chi connectivity index (χ0v) is 9.09. The summed E-state index contributed by atoms with van der Waals surface area (Å²) in [5, 5.41) is 12.9. The van der Waals surface area contributed by atoms with Crippen molar-refractivity contribution in [2.24, 2.45) is 0 Å². The minimum Gasteiger partial charge on any atom is -0.389 e. The van der Waals surface area contributed by atoms with Crippen LogP contribution < -0.4 is 5.32 Å². The van der Waals surface area contributed by atoms with Crippen LogP contribution in [0.4, 0.5) is 0 Å². The van der Waals surface area contributed by atoms with Gasteiger partial charge in [0.2, 0.25) is 0 Å². The Kier molecular flexibility index (Phi) is 3.66. The highest BCUT2D eigenvalue weighted by atomic mass is 16.3. The van der Waals surface area contributed by atoms with Gasteiger partial charge in [0.25, 0.3) is 0 Å². The monoisotopic (exact) mass is 197 g/mol. The molecule has 0 radical (unpaired) electrons. The molecule has 1 aromatic heterocycles. The zero-order valence-electron chi connectivity index (χ0n) is 9.09. The number of hydrogen-bond donors (Lipinski definition) is 3. The smallest absolute Gasteiger partial charge is 0.103 e. The van der Waals surface area contributed by atoms with Gasteiger partial charge in [-0.3, -0.25) is 0 Å². The number of aromatic nitrogens is 2. The summed E-state index contributed by atoms with van der Waals surface area (Å²) in [6.07, 6.45) is 2.56. The third kappa shape index (κ3) is 3.47. The predicted octanol–water partition coefficient (Wildman–Crippen LogP) is 0.969. The van der Waals surface area contributed by atoms with E-state index in [2.05, 4.69) is 15.3 Å². The summed E-state index contributed by atoms with van der Waals surface area (Å²) in [7, 11) is 0. The molecule has 0 aliphatic rings. The zero-order chi connectivity index (χ0) is 10.6. The summed E-state index contributed by atoms with van der Waals surface area (Å²) in [5.41, 5.74) is 0.434. The van der Waals surface area contributed by atoms with Crippen molar-refractivity contribution in [3.05, 3.63) is 17.7 Å². The molecule has 0 aliphatic heterocycles. The number of H-pyrrole nitrogens is 1. The van der Waals surface area contributed by atoms with Gasteiger partial charge >= 0.3 is 0 Å². The van der Waals surface area contributed by atoms with E-state index >= 15 is 0 Å². The highest BCUT2D eigenvalue weighted by molar-refractivity contribution is 4.99. The molecule has 1 heterocycles.